The van der Waals surface area contributed by atoms with Crippen LogP contribution in [0.4, 0.5) is 0 Å². The summed E-state index contributed by atoms with van der Waals surface area (Å²) in [4.78, 5) is 21.6. The van der Waals surface area contributed by atoms with Gasteiger partial charge in [-0.15, -0.1) is 0 Å². The van der Waals surface area contributed by atoms with Crippen LogP contribution in [-0.4, -0.2) is 36.7 Å². The van der Waals surface area contributed by atoms with E-state index >= 15 is 0 Å². The monoisotopic (exact) mass is 203 g/mol. The Kier molecular flexibility index (Phi) is 5.47. The lowest BCUT2D eigenvalue weighted by Gasteiger charge is -2.11. The third kappa shape index (κ3) is 3.53. The van der Waals surface area contributed by atoms with Crippen LogP contribution in [0.25, 0.3) is 0 Å². The molecular formula is C8H13NO5. The van der Waals surface area contributed by atoms with Crippen molar-refractivity contribution in [3.05, 3.63) is 0 Å². The molecule has 6 nitrogen and oxygen atoms in total. The second kappa shape index (κ2) is 6.09. The van der Waals surface area contributed by atoms with Crippen molar-refractivity contribution in [2.24, 2.45) is 5.92 Å². The molecule has 0 rings (SSSR count). The minimum atomic E-state index is -1.41. The summed E-state index contributed by atoms with van der Waals surface area (Å²) in [6.45, 7) is 1.37. The summed E-state index contributed by atoms with van der Waals surface area (Å²) < 4.78 is 9.04. The highest BCUT2D eigenvalue weighted by atomic mass is 16.7. The van der Waals surface area contributed by atoms with Crippen molar-refractivity contribution in [2.45, 2.75) is 13.3 Å². The second-order valence-electron chi connectivity index (χ2n) is 2.55. The fourth-order valence-electron chi connectivity index (χ4n) is 0.855. The first kappa shape index (κ1) is 12.6. The SMILES string of the molecule is CCC(C(=N)C(=O)O)C(=O)OCOC. The maximum Gasteiger partial charge on any atom is 0.350 e. The quantitative estimate of drug-likeness (QED) is 0.366. The van der Waals surface area contributed by atoms with E-state index < -0.39 is 23.6 Å². The van der Waals surface area contributed by atoms with Crippen LogP contribution >= 0.6 is 0 Å². The molecule has 0 aromatic carbocycles. The maximum absolute atomic E-state index is 11.2. The molecule has 0 spiro atoms. The largest absolute Gasteiger partial charge is 0.477 e. The highest BCUT2D eigenvalue weighted by Crippen LogP contribution is 2.07. The molecule has 6 heteroatoms. The Morgan fingerprint density at radius 3 is 2.43 bits per heavy atom. The zero-order chi connectivity index (χ0) is 11.1. The molecule has 0 bridgehead atoms. The molecule has 0 amide bonds. The van der Waals surface area contributed by atoms with E-state index in [0.29, 0.717) is 0 Å². The maximum atomic E-state index is 11.2. The first-order chi connectivity index (χ1) is 6.54. The molecule has 0 aliphatic heterocycles. The summed E-state index contributed by atoms with van der Waals surface area (Å²) in [6, 6.07) is 0. The molecule has 0 saturated heterocycles. The molecule has 1 atom stereocenters. The summed E-state index contributed by atoms with van der Waals surface area (Å²) in [5.41, 5.74) is -0.659. The van der Waals surface area contributed by atoms with E-state index in [4.69, 9.17) is 10.5 Å². The van der Waals surface area contributed by atoms with Gasteiger partial charge in [-0.25, -0.2) is 4.79 Å². The summed E-state index contributed by atoms with van der Waals surface area (Å²) in [5, 5.41) is 15.6. The highest BCUT2D eigenvalue weighted by molar-refractivity contribution is 6.38. The Labute approximate surface area is 81.3 Å². The Morgan fingerprint density at radius 2 is 2.07 bits per heavy atom. The second-order valence-corrected chi connectivity index (χ2v) is 2.55. The van der Waals surface area contributed by atoms with Gasteiger partial charge in [0.15, 0.2) is 6.79 Å². The van der Waals surface area contributed by atoms with Crippen LogP contribution in [0.3, 0.4) is 0 Å². The molecule has 0 heterocycles. The first-order valence-electron chi connectivity index (χ1n) is 4.01. The van der Waals surface area contributed by atoms with Crippen molar-refractivity contribution in [1.29, 1.82) is 5.41 Å². The molecule has 14 heavy (non-hydrogen) atoms. The van der Waals surface area contributed by atoms with Gasteiger partial charge in [0, 0.05) is 7.11 Å². The molecule has 80 valence electrons. The lowest BCUT2D eigenvalue weighted by atomic mass is 10.0. The number of hydrogen-bond donors (Lipinski definition) is 2. The summed E-state index contributed by atoms with van der Waals surface area (Å²) in [6.07, 6.45) is 0.216. The normalized spacial score (nSPS) is 11.9. The number of hydrogen-bond acceptors (Lipinski definition) is 5. The van der Waals surface area contributed by atoms with Gasteiger partial charge in [0.05, 0.1) is 0 Å². The van der Waals surface area contributed by atoms with Gasteiger partial charge in [0.25, 0.3) is 0 Å². The molecule has 1 unspecified atom stereocenters. The molecule has 0 fully saturated rings. The Morgan fingerprint density at radius 1 is 1.50 bits per heavy atom. The van der Waals surface area contributed by atoms with Crippen molar-refractivity contribution in [3.63, 3.8) is 0 Å². The van der Waals surface area contributed by atoms with Crippen molar-refractivity contribution < 1.29 is 24.2 Å². The zero-order valence-corrected chi connectivity index (χ0v) is 8.07. The highest BCUT2D eigenvalue weighted by Gasteiger charge is 2.27. The van der Waals surface area contributed by atoms with Crippen molar-refractivity contribution >= 4 is 17.7 Å². The minimum Gasteiger partial charge on any atom is -0.477 e. The number of carboxylic acids is 1. The molecule has 0 aromatic heterocycles. The number of carbonyl (C=O) groups excluding carboxylic acids is 1. The van der Waals surface area contributed by atoms with E-state index in [0.717, 1.165) is 0 Å². The summed E-state index contributed by atoms with van der Waals surface area (Å²) in [5.74, 6) is -3.18. The number of nitrogens with one attached hydrogen (secondary N) is 1. The molecular weight excluding hydrogens is 190 g/mol. The van der Waals surface area contributed by atoms with E-state index in [9.17, 15) is 9.59 Å². The number of aliphatic carboxylic acids is 1. The Bertz CT molecular complexity index is 238. The van der Waals surface area contributed by atoms with Crippen molar-refractivity contribution in [3.8, 4) is 0 Å². The van der Waals surface area contributed by atoms with E-state index in [1.54, 1.807) is 6.92 Å². The first-order valence-corrected chi connectivity index (χ1v) is 4.01. The molecule has 0 aliphatic carbocycles. The van der Waals surface area contributed by atoms with Crippen LogP contribution in [0.2, 0.25) is 0 Å². The summed E-state index contributed by atoms with van der Waals surface area (Å²) in [7, 11) is 1.34. The molecule has 0 aliphatic rings. The Hall–Kier alpha value is -1.43. The van der Waals surface area contributed by atoms with E-state index in [-0.39, 0.29) is 13.2 Å². The third-order valence-corrected chi connectivity index (χ3v) is 1.59. The van der Waals surface area contributed by atoms with Gasteiger partial charge in [-0.1, -0.05) is 6.92 Å². The number of carbonyl (C=O) groups is 2. The van der Waals surface area contributed by atoms with Gasteiger partial charge < -0.3 is 14.6 Å². The fourth-order valence-corrected chi connectivity index (χ4v) is 0.855. The van der Waals surface area contributed by atoms with Crippen LogP contribution in [-0.2, 0) is 19.1 Å². The number of ether oxygens (including phenoxy) is 2. The fraction of sp³-hybridized carbons (Fsp3) is 0.625. The number of esters is 1. The third-order valence-electron chi connectivity index (χ3n) is 1.59. The standard InChI is InChI=1S/C8H13NO5/c1-3-5(6(9)7(10)11)8(12)14-4-13-2/h5,9H,3-4H2,1-2H3,(H,10,11). The van der Waals surface area contributed by atoms with Crippen LogP contribution in [0.1, 0.15) is 13.3 Å². The average molecular weight is 203 g/mol. The van der Waals surface area contributed by atoms with Gasteiger partial charge in [-0.05, 0) is 6.42 Å². The molecule has 0 aromatic rings. The van der Waals surface area contributed by atoms with E-state index in [1.165, 1.54) is 7.11 Å². The van der Waals surface area contributed by atoms with Gasteiger partial charge in [0.1, 0.15) is 11.6 Å². The van der Waals surface area contributed by atoms with Crippen LogP contribution < -0.4 is 0 Å². The van der Waals surface area contributed by atoms with Crippen molar-refractivity contribution in [2.75, 3.05) is 13.9 Å². The topological polar surface area (TPSA) is 96.7 Å². The lowest BCUT2D eigenvalue weighted by Crippen LogP contribution is -2.30. The lowest BCUT2D eigenvalue weighted by molar-refractivity contribution is -0.157. The van der Waals surface area contributed by atoms with Crippen molar-refractivity contribution in [1.82, 2.24) is 0 Å². The predicted molar refractivity (Wildman–Crippen MR) is 47.1 cm³/mol. The molecule has 2 N–H and O–H groups in total. The smallest absolute Gasteiger partial charge is 0.350 e. The predicted octanol–water partition coefficient (Wildman–Crippen LogP) is 0.264. The summed E-state index contributed by atoms with van der Waals surface area (Å²) >= 11 is 0. The Balaban J connectivity index is 4.33. The van der Waals surface area contributed by atoms with Gasteiger partial charge in [-0.3, -0.25) is 10.2 Å². The van der Waals surface area contributed by atoms with E-state index in [2.05, 4.69) is 9.47 Å². The van der Waals surface area contributed by atoms with Gasteiger partial charge in [0.2, 0.25) is 0 Å². The number of methoxy groups -OCH3 is 1. The molecule has 0 radical (unpaired) electrons. The minimum absolute atomic E-state index is 0.216. The number of rotatable bonds is 6. The van der Waals surface area contributed by atoms with Gasteiger partial charge >= 0.3 is 11.9 Å². The molecule has 0 saturated carbocycles. The van der Waals surface area contributed by atoms with Crippen LogP contribution in [0.5, 0.6) is 0 Å². The number of carboxylic acid groups (broad SMARTS) is 1. The van der Waals surface area contributed by atoms with Gasteiger partial charge in [-0.2, -0.15) is 0 Å². The van der Waals surface area contributed by atoms with Crippen LogP contribution in [0.15, 0.2) is 0 Å². The van der Waals surface area contributed by atoms with E-state index in [1.807, 2.05) is 0 Å². The average Bonchev–Trinajstić information content (AvgIpc) is 2.15. The zero-order valence-electron chi connectivity index (χ0n) is 8.07. The van der Waals surface area contributed by atoms with Crippen LogP contribution in [0, 0.1) is 11.3 Å².